The first-order valence-electron chi connectivity index (χ1n) is 7.00. The Kier molecular flexibility index (Phi) is 5.24. The number of esters is 1. The quantitative estimate of drug-likeness (QED) is 0.752. The highest BCUT2D eigenvalue weighted by molar-refractivity contribution is 8.00. The predicted molar refractivity (Wildman–Crippen MR) is 89.3 cm³/mol. The Labute approximate surface area is 134 Å². The van der Waals surface area contributed by atoms with Gasteiger partial charge in [0, 0.05) is 10.3 Å². The number of ether oxygens (including phenoxy) is 1. The molecule has 0 unspecified atom stereocenters. The Bertz CT molecular complexity index is 650. The second-order valence-corrected chi connectivity index (χ2v) is 7.03. The SMILES string of the molecule is COC(=O)CSC(C)(C)c1ccc(-c2ccccc2F)cc1. The Balaban J connectivity index is 2.18. The molecule has 0 atom stereocenters. The highest BCUT2D eigenvalue weighted by Crippen LogP contribution is 2.36. The van der Waals surface area contributed by atoms with Crippen molar-refractivity contribution >= 4 is 17.7 Å². The topological polar surface area (TPSA) is 26.3 Å². The fourth-order valence-corrected chi connectivity index (χ4v) is 3.03. The smallest absolute Gasteiger partial charge is 0.315 e. The van der Waals surface area contributed by atoms with Gasteiger partial charge in [-0.1, -0.05) is 42.5 Å². The normalized spacial score (nSPS) is 11.3. The lowest BCUT2D eigenvalue weighted by Crippen LogP contribution is -2.16. The van der Waals surface area contributed by atoms with E-state index in [0.717, 1.165) is 11.1 Å². The molecule has 0 N–H and O–H groups in total. The van der Waals surface area contributed by atoms with Crippen LogP contribution in [0.5, 0.6) is 0 Å². The van der Waals surface area contributed by atoms with Crippen molar-refractivity contribution in [3.63, 3.8) is 0 Å². The van der Waals surface area contributed by atoms with Crippen molar-refractivity contribution in [2.24, 2.45) is 0 Å². The van der Waals surface area contributed by atoms with Gasteiger partial charge in [0.05, 0.1) is 12.9 Å². The molecule has 4 heteroatoms. The number of benzene rings is 2. The second kappa shape index (κ2) is 6.97. The molecule has 0 aliphatic heterocycles. The monoisotopic (exact) mass is 318 g/mol. The minimum Gasteiger partial charge on any atom is -0.468 e. The van der Waals surface area contributed by atoms with Crippen molar-refractivity contribution in [3.8, 4) is 11.1 Å². The number of hydrogen-bond acceptors (Lipinski definition) is 3. The van der Waals surface area contributed by atoms with Gasteiger partial charge < -0.3 is 4.74 Å². The molecule has 0 amide bonds. The van der Waals surface area contributed by atoms with Crippen LogP contribution in [0.25, 0.3) is 11.1 Å². The summed E-state index contributed by atoms with van der Waals surface area (Å²) < 4.78 is 18.3. The third-order valence-corrected chi connectivity index (χ3v) is 4.88. The Morgan fingerprint density at radius 1 is 1.14 bits per heavy atom. The molecule has 0 aliphatic carbocycles. The number of hydrogen-bond donors (Lipinski definition) is 0. The van der Waals surface area contributed by atoms with Crippen molar-refractivity contribution in [2.75, 3.05) is 12.9 Å². The maximum atomic E-state index is 13.8. The lowest BCUT2D eigenvalue weighted by Gasteiger charge is -2.24. The van der Waals surface area contributed by atoms with Crippen LogP contribution < -0.4 is 0 Å². The predicted octanol–water partition coefficient (Wildman–Crippen LogP) is 4.63. The van der Waals surface area contributed by atoms with Gasteiger partial charge in [0.15, 0.2) is 0 Å². The standard InChI is InChI=1S/C18H19FO2S/c1-18(2,22-12-17(20)21-3)14-10-8-13(9-11-14)15-6-4-5-7-16(15)19/h4-11H,12H2,1-3H3. The first kappa shape index (κ1) is 16.6. The van der Waals surface area contributed by atoms with E-state index in [9.17, 15) is 9.18 Å². The van der Waals surface area contributed by atoms with Crippen LogP contribution in [0.2, 0.25) is 0 Å². The molecule has 2 nitrogen and oxygen atoms in total. The van der Waals surface area contributed by atoms with Gasteiger partial charge in [-0.15, -0.1) is 11.8 Å². The summed E-state index contributed by atoms with van der Waals surface area (Å²) in [6.07, 6.45) is 0. The fourth-order valence-electron chi connectivity index (χ4n) is 2.13. The summed E-state index contributed by atoms with van der Waals surface area (Å²) in [5.41, 5.74) is 2.52. The molecule has 0 saturated heterocycles. The van der Waals surface area contributed by atoms with E-state index in [1.165, 1.54) is 24.9 Å². The number of thioether (sulfide) groups is 1. The second-order valence-electron chi connectivity index (χ2n) is 5.43. The van der Waals surface area contributed by atoms with Crippen molar-refractivity contribution in [2.45, 2.75) is 18.6 Å². The maximum Gasteiger partial charge on any atom is 0.315 e. The summed E-state index contributed by atoms with van der Waals surface area (Å²) in [6, 6.07) is 14.5. The van der Waals surface area contributed by atoms with E-state index in [1.807, 2.05) is 30.3 Å². The van der Waals surface area contributed by atoms with E-state index in [0.29, 0.717) is 11.3 Å². The summed E-state index contributed by atoms with van der Waals surface area (Å²) in [4.78, 5) is 11.3. The van der Waals surface area contributed by atoms with Gasteiger partial charge in [-0.25, -0.2) is 4.39 Å². The first-order valence-corrected chi connectivity index (χ1v) is 7.99. The summed E-state index contributed by atoms with van der Waals surface area (Å²) >= 11 is 1.52. The Morgan fingerprint density at radius 2 is 1.77 bits per heavy atom. The lowest BCUT2D eigenvalue weighted by molar-refractivity contribution is -0.137. The number of halogens is 1. The van der Waals surface area contributed by atoms with Crippen LogP contribution >= 0.6 is 11.8 Å². The van der Waals surface area contributed by atoms with E-state index in [2.05, 4.69) is 18.6 Å². The molecular formula is C18H19FO2S. The van der Waals surface area contributed by atoms with Gasteiger partial charge in [-0.05, 0) is 31.0 Å². The molecule has 0 radical (unpaired) electrons. The zero-order chi connectivity index (χ0) is 16.2. The van der Waals surface area contributed by atoms with Crippen LogP contribution in [0.4, 0.5) is 4.39 Å². The molecule has 0 heterocycles. The number of rotatable bonds is 5. The molecule has 0 bridgehead atoms. The summed E-state index contributed by atoms with van der Waals surface area (Å²) in [5, 5.41) is 0. The minimum atomic E-state index is -0.235. The van der Waals surface area contributed by atoms with E-state index in [-0.39, 0.29) is 16.5 Å². The van der Waals surface area contributed by atoms with Crippen LogP contribution in [-0.2, 0) is 14.3 Å². The maximum absolute atomic E-state index is 13.8. The molecule has 2 aromatic carbocycles. The van der Waals surface area contributed by atoms with Gasteiger partial charge in [0.2, 0.25) is 0 Å². The van der Waals surface area contributed by atoms with E-state index >= 15 is 0 Å². The van der Waals surface area contributed by atoms with Gasteiger partial charge in [0.25, 0.3) is 0 Å². The van der Waals surface area contributed by atoms with Crippen molar-refractivity contribution in [1.82, 2.24) is 0 Å². The average molecular weight is 318 g/mol. The van der Waals surface area contributed by atoms with Crippen LogP contribution in [0.3, 0.4) is 0 Å². The molecule has 0 spiro atoms. The minimum absolute atomic E-state index is 0.220. The van der Waals surface area contributed by atoms with E-state index in [4.69, 9.17) is 0 Å². The molecule has 22 heavy (non-hydrogen) atoms. The molecular weight excluding hydrogens is 299 g/mol. The molecule has 2 rings (SSSR count). The fraction of sp³-hybridized carbons (Fsp3) is 0.278. The van der Waals surface area contributed by atoms with Crippen LogP contribution in [0, 0.1) is 5.82 Å². The van der Waals surface area contributed by atoms with Crippen molar-refractivity contribution in [1.29, 1.82) is 0 Å². The highest BCUT2D eigenvalue weighted by atomic mass is 32.2. The molecule has 0 aromatic heterocycles. The van der Waals surface area contributed by atoms with Gasteiger partial charge in [-0.3, -0.25) is 4.79 Å². The Hall–Kier alpha value is -1.81. The summed E-state index contributed by atoms with van der Waals surface area (Å²) in [5.74, 6) is -0.158. The van der Waals surface area contributed by atoms with Crippen molar-refractivity contribution in [3.05, 3.63) is 59.9 Å². The van der Waals surface area contributed by atoms with E-state index < -0.39 is 0 Å². The van der Waals surface area contributed by atoms with Crippen LogP contribution in [0.1, 0.15) is 19.4 Å². The molecule has 2 aromatic rings. The molecule has 0 saturated carbocycles. The number of carbonyl (C=O) groups excluding carboxylic acids is 1. The Morgan fingerprint density at radius 3 is 2.36 bits per heavy atom. The molecule has 116 valence electrons. The molecule has 0 aliphatic rings. The zero-order valence-electron chi connectivity index (χ0n) is 12.9. The largest absolute Gasteiger partial charge is 0.468 e. The lowest BCUT2D eigenvalue weighted by atomic mass is 9.98. The molecule has 0 fully saturated rings. The van der Waals surface area contributed by atoms with Gasteiger partial charge >= 0.3 is 5.97 Å². The third kappa shape index (κ3) is 3.89. The van der Waals surface area contributed by atoms with Gasteiger partial charge in [0.1, 0.15) is 5.82 Å². The van der Waals surface area contributed by atoms with Crippen LogP contribution in [-0.4, -0.2) is 18.8 Å². The van der Waals surface area contributed by atoms with Gasteiger partial charge in [-0.2, -0.15) is 0 Å². The summed E-state index contributed by atoms with van der Waals surface area (Å²) in [6.45, 7) is 4.11. The van der Waals surface area contributed by atoms with E-state index in [1.54, 1.807) is 12.1 Å². The zero-order valence-corrected chi connectivity index (χ0v) is 13.7. The number of carbonyl (C=O) groups is 1. The van der Waals surface area contributed by atoms with Crippen LogP contribution in [0.15, 0.2) is 48.5 Å². The summed E-state index contributed by atoms with van der Waals surface area (Å²) in [7, 11) is 1.39. The average Bonchev–Trinajstić information content (AvgIpc) is 2.53. The highest BCUT2D eigenvalue weighted by Gasteiger charge is 2.22. The number of methoxy groups -OCH3 is 1. The first-order chi connectivity index (χ1) is 10.4. The van der Waals surface area contributed by atoms with Crippen molar-refractivity contribution < 1.29 is 13.9 Å². The third-order valence-electron chi connectivity index (χ3n) is 3.54.